The van der Waals surface area contributed by atoms with E-state index in [0.29, 0.717) is 6.54 Å². The average Bonchev–Trinajstić information content (AvgIpc) is 2.99. The first-order chi connectivity index (χ1) is 8.66. The number of hydrogen-bond acceptors (Lipinski definition) is 4. The van der Waals surface area contributed by atoms with Crippen molar-refractivity contribution in [3.8, 4) is 0 Å². The van der Waals surface area contributed by atoms with Gasteiger partial charge in [0.25, 0.3) is 0 Å². The molecule has 1 atom stereocenters. The molecule has 1 amide bonds. The van der Waals surface area contributed by atoms with Gasteiger partial charge in [-0.1, -0.05) is 6.07 Å². The van der Waals surface area contributed by atoms with Crippen LogP contribution in [0.15, 0.2) is 29.9 Å². The topological polar surface area (TPSA) is 72.9 Å². The van der Waals surface area contributed by atoms with Crippen LogP contribution in [0, 0.1) is 0 Å². The number of aryl methyl sites for hydroxylation is 1. The Labute approximate surface area is 110 Å². The third-order valence-corrected chi connectivity index (χ3v) is 3.55. The Balaban J connectivity index is 1.81. The number of amides is 1. The van der Waals surface area contributed by atoms with Crippen molar-refractivity contribution in [3.63, 3.8) is 0 Å². The predicted octanol–water partition coefficient (Wildman–Crippen LogP) is 0.840. The van der Waals surface area contributed by atoms with E-state index in [1.54, 1.807) is 35.5 Å². The lowest BCUT2D eigenvalue weighted by Crippen LogP contribution is -2.35. The fourth-order valence-electron chi connectivity index (χ4n) is 1.63. The van der Waals surface area contributed by atoms with Gasteiger partial charge in [0.1, 0.15) is 6.04 Å². The molecule has 0 radical (unpaired) electrons. The zero-order valence-electron chi connectivity index (χ0n) is 10.2. The summed E-state index contributed by atoms with van der Waals surface area (Å²) in [6.45, 7) is 0.604. The van der Waals surface area contributed by atoms with Crippen molar-refractivity contribution in [1.82, 2.24) is 15.1 Å². The van der Waals surface area contributed by atoms with Gasteiger partial charge >= 0.3 is 0 Å². The summed E-state index contributed by atoms with van der Waals surface area (Å²) >= 11 is 1.69. The zero-order valence-corrected chi connectivity index (χ0v) is 11.0. The smallest absolute Gasteiger partial charge is 0.241 e. The number of hydrogen-bond donors (Lipinski definition) is 2. The van der Waals surface area contributed by atoms with Crippen molar-refractivity contribution in [2.24, 2.45) is 12.8 Å². The number of nitrogens with zero attached hydrogens (tertiary/aromatic N) is 2. The molecular formula is C12H16N4OS. The summed E-state index contributed by atoms with van der Waals surface area (Å²) in [5, 5.41) is 8.86. The molecule has 0 fully saturated rings. The normalized spacial score (nSPS) is 12.3. The van der Waals surface area contributed by atoms with Crippen molar-refractivity contribution >= 4 is 17.2 Å². The summed E-state index contributed by atoms with van der Waals surface area (Å²) in [6.07, 6.45) is 4.20. The van der Waals surface area contributed by atoms with Gasteiger partial charge in [-0.05, 0) is 17.9 Å². The molecule has 2 rings (SSSR count). The van der Waals surface area contributed by atoms with Crippen LogP contribution in [0.4, 0.5) is 0 Å². The summed E-state index contributed by atoms with van der Waals surface area (Å²) in [4.78, 5) is 13.1. The number of nitrogens with one attached hydrogen (secondary N) is 1. The molecule has 0 aliphatic heterocycles. The maximum Gasteiger partial charge on any atom is 0.241 e. The largest absolute Gasteiger partial charge is 0.354 e. The van der Waals surface area contributed by atoms with Gasteiger partial charge in [-0.3, -0.25) is 9.48 Å². The third-order valence-electron chi connectivity index (χ3n) is 2.62. The maximum atomic E-state index is 11.8. The third kappa shape index (κ3) is 3.18. The minimum absolute atomic E-state index is 0.167. The van der Waals surface area contributed by atoms with Crippen LogP contribution in [0.1, 0.15) is 16.5 Å². The summed E-state index contributed by atoms with van der Waals surface area (Å²) < 4.78 is 1.63. The van der Waals surface area contributed by atoms with Crippen LogP contribution in [0.5, 0.6) is 0 Å². The van der Waals surface area contributed by atoms with Crippen LogP contribution in [0.3, 0.4) is 0 Å². The molecule has 0 bridgehead atoms. The van der Waals surface area contributed by atoms with Gasteiger partial charge in [0.05, 0.1) is 6.20 Å². The van der Waals surface area contributed by atoms with Crippen LogP contribution in [-0.2, 0) is 18.3 Å². The van der Waals surface area contributed by atoms with Gasteiger partial charge in [-0.15, -0.1) is 11.3 Å². The standard InChI is InChI=1S/C12H16N4OS/c1-16-8-9(7-15-16)11(13)12(17)14-5-4-10-3-2-6-18-10/h2-3,6-8,11H,4-5,13H2,1H3,(H,14,17). The second-order valence-electron chi connectivity index (χ2n) is 4.05. The molecule has 0 saturated carbocycles. The number of carbonyl (C=O) groups excluding carboxylic acids is 1. The number of thiophene rings is 1. The lowest BCUT2D eigenvalue weighted by molar-refractivity contribution is -0.122. The van der Waals surface area contributed by atoms with Crippen molar-refractivity contribution < 1.29 is 4.79 Å². The first-order valence-corrected chi connectivity index (χ1v) is 6.59. The first kappa shape index (κ1) is 12.8. The highest BCUT2D eigenvalue weighted by molar-refractivity contribution is 7.09. The fourth-order valence-corrected chi connectivity index (χ4v) is 2.33. The van der Waals surface area contributed by atoms with E-state index < -0.39 is 6.04 Å². The number of carbonyl (C=O) groups is 1. The van der Waals surface area contributed by atoms with Crippen LogP contribution >= 0.6 is 11.3 Å². The fraction of sp³-hybridized carbons (Fsp3) is 0.333. The quantitative estimate of drug-likeness (QED) is 0.840. The van der Waals surface area contributed by atoms with Crippen molar-refractivity contribution in [2.45, 2.75) is 12.5 Å². The van der Waals surface area contributed by atoms with Gasteiger partial charge in [0.15, 0.2) is 0 Å². The number of aromatic nitrogens is 2. The lowest BCUT2D eigenvalue weighted by Gasteiger charge is -2.09. The molecule has 18 heavy (non-hydrogen) atoms. The lowest BCUT2D eigenvalue weighted by atomic mass is 10.1. The molecule has 0 aromatic carbocycles. The zero-order chi connectivity index (χ0) is 13.0. The second kappa shape index (κ2) is 5.79. The molecule has 0 saturated heterocycles. The summed E-state index contributed by atoms with van der Waals surface area (Å²) in [5.41, 5.74) is 6.58. The van der Waals surface area contributed by atoms with Crippen LogP contribution < -0.4 is 11.1 Å². The van der Waals surface area contributed by atoms with Crippen LogP contribution in [0.25, 0.3) is 0 Å². The summed E-state index contributed by atoms with van der Waals surface area (Å²) in [5.74, 6) is -0.167. The van der Waals surface area contributed by atoms with Crippen LogP contribution in [-0.4, -0.2) is 22.2 Å². The molecule has 0 aliphatic carbocycles. The van der Waals surface area contributed by atoms with Gasteiger partial charge < -0.3 is 11.1 Å². The molecule has 2 heterocycles. The van der Waals surface area contributed by atoms with E-state index in [1.165, 1.54) is 4.88 Å². The molecule has 3 N–H and O–H groups in total. The maximum absolute atomic E-state index is 11.8. The molecule has 1 unspecified atom stereocenters. The van der Waals surface area contributed by atoms with E-state index in [4.69, 9.17) is 5.73 Å². The van der Waals surface area contributed by atoms with E-state index >= 15 is 0 Å². The van der Waals surface area contributed by atoms with Crippen molar-refractivity contribution in [2.75, 3.05) is 6.54 Å². The minimum Gasteiger partial charge on any atom is -0.354 e. The highest BCUT2D eigenvalue weighted by atomic mass is 32.1. The van der Waals surface area contributed by atoms with E-state index in [-0.39, 0.29) is 5.91 Å². The number of rotatable bonds is 5. The van der Waals surface area contributed by atoms with Gasteiger partial charge in [-0.25, -0.2) is 0 Å². The first-order valence-electron chi connectivity index (χ1n) is 5.71. The van der Waals surface area contributed by atoms with Gasteiger partial charge in [0, 0.05) is 30.2 Å². The highest BCUT2D eigenvalue weighted by Crippen LogP contribution is 2.10. The second-order valence-corrected chi connectivity index (χ2v) is 5.08. The van der Waals surface area contributed by atoms with E-state index in [1.807, 2.05) is 11.4 Å². The SMILES string of the molecule is Cn1cc(C(N)C(=O)NCCc2cccs2)cn1. The van der Waals surface area contributed by atoms with Gasteiger partial charge in [-0.2, -0.15) is 5.10 Å². The molecule has 2 aromatic rings. The van der Waals surface area contributed by atoms with E-state index in [0.717, 1.165) is 12.0 Å². The predicted molar refractivity (Wildman–Crippen MR) is 71.2 cm³/mol. The Morgan fingerprint density at radius 3 is 3.11 bits per heavy atom. The van der Waals surface area contributed by atoms with E-state index in [2.05, 4.69) is 16.5 Å². The molecule has 5 nitrogen and oxygen atoms in total. The Kier molecular flexibility index (Phi) is 4.11. The minimum atomic E-state index is -0.651. The Morgan fingerprint density at radius 1 is 1.67 bits per heavy atom. The molecule has 2 aromatic heterocycles. The molecule has 96 valence electrons. The highest BCUT2D eigenvalue weighted by Gasteiger charge is 2.16. The Bertz CT molecular complexity index is 506. The molecule has 6 heteroatoms. The summed E-state index contributed by atoms with van der Waals surface area (Å²) in [7, 11) is 1.80. The van der Waals surface area contributed by atoms with E-state index in [9.17, 15) is 4.79 Å². The Hall–Kier alpha value is -1.66. The Morgan fingerprint density at radius 2 is 2.50 bits per heavy atom. The molecular weight excluding hydrogens is 248 g/mol. The molecule has 0 aliphatic rings. The van der Waals surface area contributed by atoms with Gasteiger partial charge in [0.2, 0.25) is 5.91 Å². The average molecular weight is 264 g/mol. The summed E-state index contributed by atoms with van der Waals surface area (Å²) in [6, 6.07) is 3.41. The number of nitrogens with two attached hydrogens (primary N) is 1. The van der Waals surface area contributed by atoms with Crippen molar-refractivity contribution in [3.05, 3.63) is 40.3 Å². The van der Waals surface area contributed by atoms with Crippen LogP contribution in [0.2, 0.25) is 0 Å². The molecule has 0 spiro atoms. The monoisotopic (exact) mass is 264 g/mol. The van der Waals surface area contributed by atoms with Crippen molar-refractivity contribution in [1.29, 1.82) is 0 Å².